The molecule has 4 heteroatoms. The molecule has 108 valence electrons. The molecule has 2 unspecified atom stereocenters. The van der Waals surface area contributed by atoms with Crippen molar-refractivity contribution in [3.05, 3.63) is 0 Å². The van der Waals surface area contributed by atoms with Gasteiger partial charge in [-0.3, -0.25) is 0 Å². The summed E-state index contributed by atoms with van der Waals surface area (Å²) in [5.41, 5.74) is 0. The number of likely N-dealkylation sites (tertiary alicyclic amines) is 2. The first-order valence-electron chi connectivity index (χ1n) is 7.96. The zero-order valence-corrected chi connectivity index (χ0v) is 12.1. The number of hydrogen-bond acceptors (Lipinski definition) is 2. The van der Waals surface area contributed by atoms with Crippen LogP contribution in [-0.4, -0.2) is 55.1 Å². The topological polar surface area (TPSA) is 35.6 Å². The predicted octanol–water partition coefficient (Wildman–Crippen LogP) is 1.91. The van der Waals surface area contributed by atoms with E-state index in [1.165, 1.54) is 38.5 Å². The molecule has 19 heavy (non-hydrogen) atoms. The molecule has 0 aromatic heterocycles. The van der Waals surface area contributed by atoms with Crippen molar-refractivity contribution in [1.82, 2.24) is 15.1 Å². The largest absolute Gasteiger partial charge is 0.335 e. The van der Waals surface area contributed by atoms with Crippen molar-refractivity contribution in [1.29, 1.82) is 0 Å². The number of nitrogens with one attached hydrogen (secondary N) is 1. The van der Waals surface area contributed by atoms with Crippen LogP contribution in [0.4, 0.5) is 4.79 Å². The molecule has 0 bridgehead atoms. The monoisotopic (exact) mass is 265 g/mol. The van der Waals surface area contributed by atoms with Crippen LogP contribution in [-0.2, 0) is 0 Å². The average molecular weight is 265 g/mol. The minimum absolute atomic E-state index is 0.198. The van der Waals surface area contributed by atoms with E-state index in [1.807, 2.05) is 0 Å². The van der Waals surface area contributed by atoms with Gasteiger partial charge >= 0.3 is 6.03 Å². The highest BCUT2D eigenvalue weighted by molar-refractivity contribution is 5.75. The molecule has 1 N–H and O–H groups in total. The predicted molar refractivity (Wildman–Crippen MR) is 76.1 cm³/mol. The molecule has 2 saturated heterocycles. The second kappa shape index (κ2) is 5.70. The minimum atomic E-state index is 0.198. The van der Waals surface area contributed by atoms with E-state index >= 15 is 0 Å². The lowest BCUT2D eigenvalue weighted by Crippen LogP contribution is -2.44. The number of urea groups is 1. The fourth-order valence-corrected chi connectivity index (χ4v) is 4.08. The molecule has 2 amide bonds. The number of nitrogens with zero attached hydrogens (tertiary/aromatic N) is 2. The van der Waals surface area contributed by atoms with E-state index in [0.29, 0.717) is 17.9 Å². The third-order valence-corrected chi connectivity index (χ3v) is 5.14. The molecule has 2 heterocycles. The Hall–Kier alpha value is -0.770. The molecule has 2 aliphatic heterocycles. The normalized spacial score (nSPS) is 33.2. The maximum absolute atomic E-state index is 12.3. The molecule has 0 aromatic carbocycles. The highest BCUT2D eigenvalue weighted by Crippen LogP contribution is 2.30. The molecule has 4 nitrogen and oxygen atoms in total. The summed E-state index contributed by atoms with van der Waals surface area (Å²) in [7, 11) is 2.19. The number of carbonyl (C=O) groups excluding carboxylic acids is 1. The van der Waals surface area contributed by atoms with Crippen LogP contribution in [0.2, 0.25) is 0 Å². The van der Waals surface area contributed by atoms with E-state index in [2.05, 4.69) is 22.2 Å². The summed E-state index contributed by atoms with van der Waals surface area (Å²) in [6.45, 7) is 4.26. The molecule has 3 aliphatic rings. The molecular formula is C15H27N3O. The summed E-state index contributed by atoms with van der Waals surface area (Å²) in [4.78, 5) is 16.8. The van der Waals surface area contributed by atoms with Gasteiger partial charge in [-0.1, -0.05) is 25.7 Å². The molecule has 2 atom stereocenters. The van der Waals surface area contributed by atoms with E-state index in [1.54, 1.807) is 0 Å². The number of carbonyl (C=O) groups is 1. The molecule has 0 spiro atoms. The number of hydrogen-bond donors (Lipinski definition) is 1. The SMILES string of the molecule is CN1CC2CN(C(=O)NC3CCCCCC3)CC2C1. The Kier molecular flexibility index (Phi) is 3.96. The van der Waals surface area contributed by atoms with Gasteiger partial charge in [-0.2, -0.15) is 0 Å². The second-order valence-corrected chi connectivity index (χ2v) is 6.78. The van der Waals surface area contributed by atoms with Crippen LogP contribution in [0, 0.1) is 11.8 Å². The summed E-state index contributed by atoms with van der Waals surface area (Å²) < 4.78 is 0. The van der Waals surface area contributed by atoms with Crippen molar-refractivity contribution in [2.45, 2.75) is 44.6 Å². The van der Waals surface area contributed by atoms with Crippen LogP contribution in [0.1, 0.15) is 38.5 Å². The van der Waals surface area contributed by atoms with E-state index in [0.717, 1.165) is 26.2 Å². The first kappa shape index (κ1) is 13.2. The molecule has 0 aromatic rings. The maximum atomic E-state index is 12.3. The van der Waals surface area contributed by atoms with Crippen molar-refractivity contribution in [3.8, 4) is 0 Å². The first-order chi connectivity index (χ1) is 9.22. The lowest BCUT2D eigenvalue weighted by molar-refractivity contribution is 0.196. The van der Waals surface area contributed by atoms with Gasteiger partial charge < -0.3 is 15.1 Å². The Morgan fingerprint density at radius 3 is 2.11 bits per heavy atom. The van der Waals surface area contributed by atoms with Gasteiger partial charge in [-0.05, 0) is 31.7 Å². The van der Waals surface area contributed by atoms with Gasteiger partial charge in [0.1, 0.15) is 0 Å². The standard InChI is InChI=1S/C15H27N3O/c1-17-8-12-10-18(11-13(12)9-17)15(19)16-14-6-4-2-3-5-7-14/h12-14H,2-11H2,1H3,(H,16,19). The first-order valence-corrected chi connectivity index (χ1v) is 7.96. The van der Waals surface area contributed by atoms with Crippen LogP contribution in [0.3, 0.4) is 0 Å². The van der Waals surface area contributed by atoms with Crippen LogP contribution in [0.15, 0.2) is 0 Å². The summed E-state index contributed by atoms with van der Waals surface area (Å²) in [5.74, 6) is 1.43. The van der Waals surface area contributed by atoms with Crippen LogP contribution in [0.5, 0.6) is 0 Å². The Morgan fingerprint density at radius 1 is 0.947 bits per heavy atom. The zero-order chi connectivity index (χ0) is 13.2. The minimum Gasteiger partial charge on any atom is -0.335 e. The van der Waals surface area contributed by atoms with Crippen molar-refractivity contribution in [2.24, 2.45) is 11.8 Å². The quantitative estimate of drug-likeness (QED) is 0.735. The Labute approximate surface area is 116 Å². The van der Waals surface area contributed by atoms with E-state index in [4.69, 9.17) is 0 Å². The summed E-state index contributed by atoms with van der Waals surface area (Å²) >= 11 is 0. The number of fused-ring (bicyclic) bond motifs is 1. The molecule has 3 rings (SSSR count). The van der Waals surface area contributed by atoms with Gasteiger partial charge in [-0.25, -0.2) is 4.79 Å². The van der Waals surface area contributed by atoms with Crippen LogP contribution < -0.4 is 5.32 Å². The average Bonchev–Trinajstić information content (AvgIpc) is 2.78. The molecule has 1 saturated carbocycles. The summed E-state index contributed by atoms with van der Waals surface area (Å²) in [6.07, 6.45) is 7.59. The fraction of sp³-hybridized carbons (Fsp3) is 0.933. The van der Waals surface area contributed by atoms with Gasteiger partial charge in [-0.15, -0.1) is 0 Å². The van der Waals surface area contributed by atoms with E-state index in [-0.39, 0.29) is 6.03 Å². The van der Waals surface area contributed by atoms with Crippen molar-refractivity contribution in [3.63, 3.8) is 0 Å². The van der Waals surface area contributed by atoms with Crippen molar-refractivity contribution < 1.29 is 4.79 Å². The third kappa shape index (κ3) is 3.04. The highest BCUT2D eigenvalue weighted by atomic mass is 16.2. The summed E-state index contributed by atoms with van der Waals surface area (Å²) in [5, 5.41) is 3.27. The number of amides is 2. The van der Waals surface area contributed by atoms with Gasteiger partial charge in [0.05, 0.1) is 0 Å². The fourth-order valence-electron chi connectivity index (χ4n) is 4.08. The zero-order valence-electron chi connectivity index (χ0n) is 12.1. The Bertz CT molecular complexity index is 311. The molecule has 3 fully saturated rings. The van der Waals surface area contributed by atoms with E-state index < -0.39 is 0 Å². The van der Waals surface area contributed by atoms with Crippen molar-refractivity contribution >= 4 is 6.03 Å². The van der Waals surface area contributed by atoms with Gasteiger partial charge in [0, 0.05) is 32.2 Å². The maximum Gasteiger partial charge on any atom is 0.317 e. The molecule has 0 radical (unpaired) electrons. The Balaban J connectivity index is 1.49. The Morgan fingerprint density at radius 2 is 1.53 bits per heavy atom. The van der Waals surface area contributed by atoms with Crippen LogP contribution in [0.25, 0.3) is 0 Å². The second-order valence-electron chi connectivity index (χ2n) is 6.78. The lowest BCUT2D eigenvalue weighted by Gasteiger charge is -2.23. The van der Waals surface area contributed by atoms with Gasteiger partial charge in [0.15, 0.2) is 0 Å². The molecular weight excluding hydrogens is 238 g/mol. The number of rotatable bonds is 1. The smallest absolute Gasteiger partial charge is 0.317 e. The van der Waals surface area contributed by atoms with Crippen LogP contribution >= 0.6 is 0 Å². The summed E-state index contributed by atoms with van der Waals surface area (Å²) in [6, 6.07) is 0.627. The highest BCUT2D eigenvalue weighted by Gasteiger charge is 2.40. The van der Waals surface area contributed by atoms with Crippen molar-refractivity contribution in [2.75, 3.05) is 33.2 Å². The molecule has 1 aliphatic carbocycles. The third-order valence-electron chi connectivity index (χ3n) is 5.14. The van der Waals surface area contributed by atoms with E-state index in [9.17, 15) is 4.79 Å². The van der Waals surface area contributed by atoms with Gasteiger partial charge in [0.2, 0.25) is 0 Å². The van der Waals surface area contributed by atoms with Gasteiger partial charge in [0.25, 0.3) is 0 Å². The lowest BCUT2D eigenvalue weighted by atomic mass is 10.0.